The summed E-state index contributed by atoms with van der Waals surface area (Å²) in [6.45, 7) is 0.106. The lowest BCUT2D eigenvalue weighted by molar-refractivity contribution is -0.121. The fourth-order valence-corrected chi connectivity index (χ4v) is 3.07. The molecule has 0 spiro atoms. The summed E-state index contributed by atoms with van der Waals surface area (Å²) < 4.78 is 32.4. The van der Waals surface area contributed by atoms with Gasteiger partial charge >= 0.3 is 0 Å². The van der Waals surface area contributed by atoms with Gasteiger partial charge in [0.15, 0.2) is 6.61 Å². The Bertz CT molecular complexity index is 1080. The smallest absolute Gasteiger partial charge is 0.265 e. The van der Waals surface area contributed by atoms with E-state index in [1.807, 2.05) is 0 Å². The third-order valence-corrected chi connectivity index (χ3v) is 4.53. The molecule has 146 valence electrons. The highest BCUT2D eigenvalue weighted by atomic mass is 19.1. The van der Waals surface area contributed by atoms with Crippen LogP contribution in [0.15, 0.2) is 66.7 Å². The first-order chi connectivity index (χ1) is 14.0. The van der Waals surface area contributed by atoms with Crippen molar-refractivity contribution in [2.24, 2.45) is 0 Å². The number of benzene rings is 3. The van der Waals surface area contributed by atoms with Gasteiger partial charge in [-0.3, -0.25) is 9.59 Å². The number of fused-ring (bicyclic) bond motifs is 1. The minimum Gasteiger partial charge on any atom is -0.481 e. The second-order valence-electron chi connectivity index (χ2n) is 6.51. The average Bonchev–Trinajstić information content (AvgIpc) is 2.72. The Hall–Kier alpha value is -3.74. The number of anilines is 2. The van der Waals surface area contributed by atoms with Crippen LogP contribution in [0.4, 0.5) is 20.2 Å². The highest BCUT2D eigenvalue weighted by Gasteiger charge is 2.26. The predicted molar refractivity (Wildman–Crippen MR) is 104 cm³/mol. The second kappa shape index (κ2) is 7.71. The van der Waals surface area contributed by atoms with Crippen LogP contribution in [0, 0.1) is 11.6 Å². The molecule has 5 nitrogen and oxygen atoms in total. The highest BCUT2D eigenvalue weighted by Crippen LogP contribution is 2.35. The van der Waals surface area contributed by atoms with E-state index in [0.29, 0.717) is 17.1 Å². The normalized spacial score (nSPS) is 12.9. The minimum absolute atomic E-state index is 0.0701. The maximum absolute atomic E-state index is 13.8. The molecule has 0 aliphatic carbocycles. The lowest BCUT2D eigenvalue weighted by atomic mass is 10.1. The van der Waals surface area contributed by atoms with Gasteiger partial charge in [0.05, 0.1) is 17.8 Å². The van der Waals surface area contributed by atoms with Gasteiger partial charge in [-0.2, -0.15) is 0 Å². The summed E-state index contributed by atoms with van der Waals surface area (Å²) in [6.07, 6.45) is 0. The van der Waals surface area contributed by atoms with Gasteiger partial charge in [-0.05, 0) is 42.0 Å². The molecule has 1 heterocycles. The lowest BCUT2D eigenvalue weighted by Gasteiger charge is -2.29. The van der Waals surface area contributed by atoms with Crippen LogP contribution in [0.5, 0.6) is 5.75 Å². The van der Waals surface area contributed by atoms with Crippen LogP contribution in [-0.2, 0) is 11.3 Å². The summed E-state index contributed by atoms with van der Waals surface area (Å²) in [5.74, 6) is -1.37. The molecular formula is C22H16F2N2O3. The van der Waals surface area contributed by atoms with Crippen molar-refractivity contribution in [3.63, 3.8) is 0 Å². The number of carbonyl (C=O) groups excluding carboxylic acids is 2. The summed E-state index contributed by atoms with van der Waals surface area (Å²) in [5.41, 5.74) is 1.64. The molecule has 7 heteroatoms. The first-order valence-electron chi connectivity index (χ1n) is 8.89. The molecule has 4 rings (SSSR count). The van der Waals surface area contributed by atoms with E-state index in [-0.39, 0.29) is 30.4 Å². The molecule has 0 atom stereocenters. The standard InChI is InChI=1S/C22H16F2N2O3/c23-15-7-5-14(6-8-15)12-26-19-10-9-16(11-20(19)29-13-21(26)27)25-22(28)17-3-1-2-4-18(17)24/h1-11H,12-13H2,(H,25,28). The van der Waals surface area contributed by atoms with E-state index in [2.05, 4.69) is 5.32 Å². The van der Waals surface area contributed by atoms with Crippen molar-refractivity contribution in [1.29, 1.82) is 0 Å². The quantitative estimate of drug-likeness (QED) is 0.724. The molecule has 3 aromatic carbocycles. The number of amides is 2. The molecule has 0 radical (unpaired) electrons. The van der Waals surface area contributed by atoms with E-state index in [0.717, 1.165) is 5.56 Å². The fraction of sp³-hybridized carbons (Fsp3) is 0.0909. The van der Waals surface area contributed by atoms with Gasteiger partial charge in [0.25, 0.3) is 11.8 Å². The van der Waals surface area contributed by atoms with Gasteiger partial charge in [-0.1, -0.05) is 24.3 Å². The van der Waals surface area contributed by atoms with E-state index in [4.69, 9.17) is 4.74 Å². The summed E-state index contributed by atoms with van der Waals surface area (Å²) >= 11 is 0. The van der Waals surface area contributed by atoms with Crippen molar-refractivity contribution < 1.29 is 23.1 Å². The zero-order chi connectivity index (χ0) is 20.4. The molecule has 0 unspecified atom stereocenters. The fourth-order valence-electron chi connectivity index (χ4n) is 3.07. The van der Waals surface area contributed by atoms with Crippen LogP contribution in [0.25, 0.3) is 0 Å². The Morgan fingerprint density at radius 3 is 2.55 bits per heavy atom. The molecule has 3 aromatic rings. The molecule has 1 N–H and O–H groups in total. The van der Waals surface area contributed by atoms with Crippen molar-refractivity contribution in [3.8, 4) is 5.75 Å². The molecule has 0 fully saturated rings. The van der Waals surface area contributed by atoms with E-state index < -0.39 is 11.7 Å². The van der Waals surface area contributed by atoms with Gasteiger partial charge in [0.2, 0.25) is 0 Å². The van der Waals surface area contributed by atoms with E-state index in [1.165, 1.54) is 35.2 Å². The number of nitrogens with zero attached hydrogens (tertiary/aromatic N) is 1. The van der Waals surface area contributed by atoms with Gasteiger partial charge in [-0.15, -0.1) is 0 Å². The van der Waals surface area contributed by atoms with Crippen LogP contribution < -0.4 is 15.0 Å². The van der Waals surface area contributed by atoms with Crippen LogP contribution >= 0.6 is 0 Å². The Balaban J connectivity index is 1.56. The van der Waals surface area contributed by atoms with Gasteiger partial charge < -0.3 is 15.0 Å². The monoisotopic (exact) mass is 394 g/mol. The summed E-state index contributed by atoms with van der Waals surface area (Å²) in [7, 11) is 0. The summed E-state index contributed by atoms with van der Waals surface area (Å²) in [6, 6.07) is 16.4. The van der Waals surface area contributed by atoms with E-state index >= 15 is 0 Å². The summed E-state index contributed by atoms with van der Waals surface area (Å²) in [5, 5.41) is 2.63. The Labute approximate surface area is 165 Å². The van der Waals surface area contributed by atoms with Crippen LogP contribution in [-0.4, -0.2) is 18.4 Å². The third-order valence-electron chi connectivity index (χ3n) is 4.53. The number of halogens is 2. The number of hydrogen-bond acceptors (Lipinski definition) is 3. The van der Waals surface area contributed by atoms with Gasteiger partial charge in [0, 0.05) is 11.8 Å². The van der Waals surface area contributed by atoms with Crippen LogP contribution in [0.3, 0.4) is 0 Å². The summed E-state index contributed by atoms with van der Waals surface area (Å²) in [4.78, 5) is 26.2. The zero-order valence-corrected chi connectivity index (χ0v) is 15.2. The maximum atomic E-state index is 13.8. The molecule has 29 heavy (non-hydrogen) atoms. The van der Waals surface area contributed by atoms with Crippen LogP contribution in [0.1, 0.15) is 15.9 Å². The number of nitrogens with one attached hydrogen (secondary N) is 1. The Morgan fingerprint density at radius 2 is 1.79 bits per heavy atom. The first kappa shape index (κ1) is 18.6. The second-order valence-corrected chi connectivity index (χ2v) is 6.51. The highest BCUT2D eigenvalue weighted by molar-refractivity contribution is 6.05. The molecule has 0 aromatic heterocycles. The zero-order valence-electron chi connectivity index (χ0n) is 15.2. The van der Waals surface area contributed by atoms with Crippen LogP contribution in [0.2, 0.25) is 0 Å². The maximum Gasteiger partial charge on any atom is 0.265 e. The molecule has 0 saturated heterocycles. The number of carbonyl (C=O) groups is 2. The van der Waals surface area contributed by atoms with Crippen molar-refractivity contribution >= 4 is 23.2 Å². The van der Waals surface area contributed by atoms with Crippen molar-refractivity contribution in [2.75, 3.05) is 16.8 Å². The minimum atomic E-state index is -0.615. The third kappa shape index (κ3) is 3.94. The van der Waals surface area contributed by atoms with E-state index in [1.54, 1.807) is 36.4 Å². The first-order valence-corrected chi connectivity index (χ1v) is 8.89. The molecule has 2 amide bonds. The van der Waals surface area contributed by atoms with Crippen molar-refractivity contribution in [1.82, 2.24) is 0 Å². The van der Waals surface area contributed by atoms with Gasteiger partial charge in [0.1, 0.15) is 17.4 Å². The van der Waals surface area contributed by atoms with Gasteiger partial charge in [-0.25, -0.2) is 8.78 Å². The van der Waals surface area contributed by atoms with Crippen molar-refractivity contribution in [2.45, 2.75) is 6.54 Å². The molecule has 1 aliphatic rings. The number of hydrogen-bond donors (Lipinski definition) is 1. The SMILES string of the molecule is O=C(Nc1ccc2c(c1)OCC(=O)N2Cc1ccc(F)cc1)c1ccccc1F. The molecule has 0 bridgehead atoms. The largest absolute Gasteiger partial charge is 0.481 e. The Morgan fingerprint density at radius 1 is 1.03 bits per heavy atom. The van der Waals surface area contributed by atoms with Crippen molar-refractivity contribution in [3.05, 3.63) is 89.5 Å². The number of ether oxygens (including phenoxy) is 1. The lowest BCUT2D eigenvalue weighted by Crippen LogP contribution is -2.38. The Kier molecular flexibility index (Phi) is 4.95. The molecular weight excluding hydrogens is 378 g/mol. The average molecular weight is 394 g/mol. The topological polar surface area (TPSA) is 58.6 Å². The predicted octanol–water partition coefficient (Wildman–Crippen LogP) is 4.14. The van der Waals surface area contributed by atoms with E-state index in [9.17, 15) is 18.4 Å². The molecule has 1 aliphatic heterocycles. The molecule has 0 saturated carbocycles. The number of rotatable bonds is 4.